The van der Waals surface area contributed by atoms with Gasteiger partial charge in [-0.3, -0.25) is 24.2 Å². The van der Waals surface area contributed by atoms with Gasteiger partial charge in [0.2, 0.25) is 23.6 Å². The summed E-state index contributed by atoms with van der Waals surface area (Å²) in [6.45, 7) is 2.94. The van der Waals surface area contributed by atoms with Gasteiger partial charge in [0.25, 0.3) is 0 Å². The molecule has 0 spiro atoms. The average Bonchev–Trinajstić information content (AvgIpc) is 3.56. The van der Waals surface area contributed by atoms with Crippen LogP contribution in [0.3, 0.4) is 0 Å². The fourth-order valence-corrected chi connectivity index (χ4v) is 7.40. The van der Waals surface area contributed by atoms with Crippen molar-refractivity contribution >= 4 is 40.5 Å². The minimum Gasteiger partial charge on any atom is -0.370 e. The van der Waals surface area contributed by atoms with Crippen LogP contribution in [0.25, 0.3) is 10.9 Å². The molecule has 2 heterocycles. The number of amides is 4. The molecule has 2 aromatic rings. The number of benzene rings is 1. The highest BCUT2D eigenvalue weighted by Gasteiger charge is 2.32. The molecule has 54 heavy (non-hydrogen) atoms. The molecule has 12 nitrogen and oxygen atoms in total. The largest absolute Gasteiger partial charge is 0.370 e. The molecule has 1 aromatic heterocycles. The first kappa shape index (κ1) is 40.1. The van der Waals surface area contributed by atoms with E-state index >= 15 is 0 Å². The number of nitrogens with zero attached hydrogens (tertiary/aromatic N) is 1. The number of para-hydroxylation sites is 1. The molecule has 1 fully saturated rings. The molecule has 4 amide bonds. The molecule has 12 heteroatoms. The van der Waals surface area contributed by atoms with Crippen LogP contribution in [-0.4, -0.2) is 65.8 Å². The van der Waals surface area contributed by atoms with Crippen LogP contribution in [-0.2, 0) is 25.6 Å². The fourth-order valence-electron chi connectivity index (χ4n) is 7.40. The van der Waals surface area contributed by atoms with Gasteiger partial charge < -0.3 is 37.7 Å². The van der Waals surface area contributed by atoms with Gasteiger partial charge >= 0.3 is 0 Å². The molecule has 290 valence electrons. The van der Waals surface area contributed by atoms with Crippen LogP contribution in [0.15, 0.2) is 83.1 Å². The van der Waals surface area contributed by atoms with Crippen molar-refractivity contribution < 1.29 is 19.2 Å². The Morgan fingerprint density at radius 3 is 2.35 bits per heavy atom. The van der Waals surface area contributed by atoms with Crippen molar-refractivity contribution in [3.05, 3.63) is 83.6 Å². The lowest BCUT2D eigenvalue weighted by Crippen LogP contribution is -2.57. The molecule has 3 aliphatic rings. The molecule has 5 rings (SSSR count). The van der Waals surface area contributed by atoms with Crippen LogP contribution in [0, 0.1) is 5.41 Å². The SMILES string of the molecule is CC12C=CC(C[C@H]3NC(=O)CCCCCCCCCCNC(=O)[C@H](Cc4c[nH]c5ccccc45)NC(=O)[C@H](CCCN=C(N)N)NC3=O)=CC1=CC=CC2. The molecule has 9 N–H and O–H groups in total. The molecule has 1 saturated heterocycles. The van der Waals surface area contributed by atoms with E-state index in [1.165, 1.54) is 0 Å². The molecule has 1 aliphatic heterocycles. The number of fused-ring (bicyclic) bond motifs is 2. The number of hydrogen-bond acceptors (Lipinski definition) is 5. The molecule has 2 aliphatic carbocycles. The number of nitrogens with two attached hydrogens (primary N) is 2. The highest BCUT2D eigenvalue weighted by atomic mass is 16.2. The van der Waals surface area contributed by atoms with Gasteiger partial charge in [-0.05, 0) is 54.9 Å². The second-order valence-electron chi connectivity index (χ2n) is 15.1. The minimum absolute atomic E-state index is 0.0675. The lowest BCUT2D eigenvalue weighted by Gasteiger charge is -2.32. The number of H-pyrrole nitrogens is 1. The summed E-state index contributed by atoms with van der Waals surface area (Å²) >= 11 is 0. The number of carbonyl (C=O) groups excluding carboxylic acids is 4. The Bertz CT molecular complexity index is 1780. The summed E-state index contributed by atoms with van der Waals surface area (Å²) in [5, 5.41) is 12.9. The van der Waals surface area contributed by atoms with Crippen molar-refractivity contribution in [2.75, 3.05) is 13.1 Å². The third kappa shape index (κ3) is 11.7. The maximum absolute atomic E-state index is 14.2. The summed E-state index contributed by atoms with van der Waals surface area (Å²) in [4.78, 5) is 62.7. The number of guanidine groups is 1. The van der Waals surface area contributed by atoms with Crippen LogP contribution in [0.4, 0.5) is 0 Å². The van der Waals surface area contributed by atoms with Crippen LogP contribution in [0.1, 0.15) is 96.0 Å². The number of carbonyl (C=O) groups is 4. The first-order valence-corrected chi connectivity index (χ1v) is 19.7. The number of aromatic nitrogens is 1. The normalized spacial score (nSPS) is 25.2. The third-order valence-electron chi connectivity index (χ3n) is 10.7. The molecular weight excluding hydrogens is 681 g/mol. The number of aliphatic imine (C=N–C) groups is 1. The van der Waals surface area contributed by atoms with Gasteiger partial charge in [-0.1, -0.05) is 100 Å². The monoisotopic (exact) mass is 738 g/mol. The smallest absolute Gasteiger partial charge is 0.243 e. The van der Waals surface area contributed by atoms with E-state index in [0.29, 0.717) is 19.4 Å². The Morgan fingerprint density at radius 2 is 1.56 bits per heavy atom. The van der Waals surface area contributed by atoms with Gasteiger partial charge in [0.05, 0.1) is 0 Å². The zero-order chi connectivity index (χ0) is 38.3. The summed E-state index contributed by atoms with van der Waals surface area (Å²) in [6.07, 6.45) is 24.5. The first-order valence-electron chi connectivity index (χ1n) is 19.7. The second kappa shape index (κ2) is 19.8. The van der Waals surface area contributed by atoms with Gasteiger partial charge in [0.1, 0.15) is 18.1 Å². The number of nitrogens with one attached hydrogen (secondary N) is 5. The topological polar surface area (TPSA) is 197 Å². The van der Waals surface area contributed by atoms with Crippen LogP contribution < -0.4 is 32.7 Å². The Hall–Kier alpha value is -5.13. The predicted octanol–water partition coefficient (Wildman–Crippen LogP) is 4.64. The van der Waals surface area contributed by atoms with Crippen molar-refractivity contribution in [1.29, 1.82) is 0 Å². The maximum atomic E-state index is 14.2. The standard InChI is InChI=1S/C42H58N8O4/c1-42-21-12-11-15-31(42)25-29(20-22-42)26-35-40(54)49-34(18-14-24-46-41(43)44)39(53)50-36(27-30-28-47-33-17-10-9-16-32(30)33)38(52)45-23-13-7-5-3-2-4-6-8-19-37(51)48-35/h9-12,15-17,20,22,25,28,34-36,47H,2-8,13-14,18-19,21,23-24,26-27H2,1H3,(H,45,52)(H,48,51)(H,49,54)(H,50,53)(H4,43,44,46)/t34-,35+,36-,42?/m0/s1. The lowest BCUT2D eigenvalue weighted by molar-refractivity contribution is -0.133. The molecule has 0 saturated carbocycles. The van der Waals surface area contributed by atoms with Crippen LogP contribution in [0.2, 0.25) is 0 Å². The zero-order valence-corrected chi connectivity index (χ0v) is 31.6. The van der Waals surface area contributed by atoms with E-state index < -0.39 is 29.9 Å². The maximum Gasteiger partial charge on any atom is 0.243 e. The zero-order valence-electron chi connectivity index (χ0n) is 31.6. The van der Waals surface area contributed by atoms with Crippen molar-refractivity contribution in [2.24, 2.45) is 21.9 Å². The quantitative estimate of drug-likeness (QED) is 0.117. The van der Waals surface area contributed by atoms with Gasteiger partial charge in [0.15, 0.2) is 5.96 Å². The summed E-state index contributed by atoms with van der Waals surface area (Å²) < 4.78 is 0. The molecule has 4 atom stereocenters. The summed E-state index contributed by atoms with van der Waals surface area (Å²) in [6, 6.07) is 4.97. The highest BCUT2D eigenvalue weighted by Crippen LogP contribution is 2.40. The van der Waals surface area contributed by atoms with Gasteiger partial charge in [0, 0.05) is 54.9 Å². The number of rotatable bonds is 8. The average molecular weight is 739 g/mol. The summed E-state index contributed by atoms with van der Waals surface area (Å²) in [5.74, 6) is -1.53. The van der Waals surface area contributed by atoms with E-state index in [-0.39, 0.29) is 49.0 Å². The molecule has 1 unspecified atom stereocenters. The number of hydrogen-bond donors (Lipinski definition) is 7. The Balaban J connectivity index is 1.40. The fraction of sp³-hybridized carbons (Fsp3) is 0.500. The Labute approximate surface area is 318 Å². The lowest BCUT2D eigenvalue weighted by atomic mass is 9.72. The van der Waals surface area contributed by atoms with Crippen molar-refractivity contribution in [2.45, 2.75) is 115 Å². The van der Waals surface area contributed by atoms with Crippen molar-refractivity contribution in [3.63, 3.8) is 0 Å². The highest BCUT2D eigenvalue weighted by molar-refractivity contribution is 5.95. The van der Waals surface area contributed by atoms with E-state index in [0.717, 1.165) is 85.4 Å². The summed E-state index contributed by atoms with van der Waals surface area (Å²) in [5.41, 5.74) is 14.9. The van der Waals surface area contributed by atoms with E-state index in [1.54, 1.807) is 0 Å². The van der Waals surface area contributed by atoms with E-state index in [2.05, 4.69) is 62.5 Å². The third-order valence-corrected chi connectivity index (χ3v) is 10.7. The van der Waals surface area contributed by atoms with E-state index in [1.807, 2.05) is 42.6 Å². The van der Waals surface area contributed by atoms with Crippen LogP contribution in [0.5, 0.6) is 0 Å². The van der Waals surface area contributed by atoms with Crippen molar-refractivity contribution in [1.82, 2.24) is 26.3 Å². The second-order valence-corrected chi connectivity index (χ2v) is 15.1. The van der Waals surface area contributed by atoms with Crippen LogP contribution >= 0.6 is 0 Å². The van der Waals surface area contributed by atoms with Gasteiger partial charge in [-0.2, -0.15) is 0 Å². The molecule has 0 bridgehead atoms. The van der Waals surface area contributed by atoms with Gasteiger partial charge in [-0.25, -0.2) is 0 Å². The first-order chi connectivity index (χ1) is 26.1. The van der Waals surface area contributed by atoms with E-state index in [4.69, 9.17) is 11.5 Å². The Morgan fingerprint density at radius 1 is 0.852 bits per heavy atom. The minimum atomic E-state index is -1.02. The Kier molecular flexibility index (Phi) is 14.7. The summed E-state index contributed by atoms with van der Waals surface area (Å²) in [7, 11) is 0. The van der Waals surface area contributed by atoms with E-state index in [9.17, 15) is 19.2 Å². The molecular formula is C42H58N8O4. The predicted molar refractivity (Wildman–Crippen MR) is 214 cm³/mol. The van der Waals surface area contributed by atoms with Crippen molar-refractivity contribution in [3.8, 4) is 0 Å². The van der Waals surface area contributed by atoms with Gasteiger partial charge in [-0.15, -0.1) is 0 Å². The molecule has 1 aromatic carbocycles. The molecule has 0 radical (unpaired) electrons. The number of aromatic amines is 1. The number of allylic oxidation sites excluding steroid dienone is 7.